The van der Waals surface area contributed by atoms with E-state index < -0.39 is 12.0 Å². The summed E-state index contributed by atoms with van der Waals surface area (Å²) < 4.78 is 5.29. The lowest BCUT2D eigenvalue weighted by Crippen LogP contribution is -2.39. The summed E-state index contributed by atoms with van der Waals surface area (Å²) in [6, 6.07) is 13.2. The Morgan fingerprint density at radius 1 is 1.13 bits per heavy atom. The van der Waals surface area contributed by atoms with Gasteiger partial charge in [-0.05, 0) is 56.0 Å². The molecule has 156 valence electrons. The Hall–Kier alpha value is -2.28. The molecule has 0 radical (unpaired) electrons. The number of hydrogen-bond acceptors (Lipinski definition) is 5. The van der Waals surface area contributed by atoms with Crippen molar-refractivity contribution < 1.29 is 14.3 Å². The molecule has 30 heavy (non-hydrogen) atoms. The zero-order valence-electron chi connectivity index (χ0n) is 16.7. The third-order valence-electron chi connectivity index (χ3n) is 4.53. The molecule has 0 fully saturated rings. The molecule has 1 aliphatic rings. The van der Waals surface area contributed by atoms with Gasteiger partial charge in [-0.2, -0.15) is 0 Å². The predicted molar refractivity (Wildman–Crippen MR) is 122 cm³/mol. The quantitative estimate of drug-likeness (QED) is 0.542. The molecule has 0 aliphatic carbocycles. The van der Waals surface area contributed by atoms with Crippen LogP contribution in [0.2, 0.25) is 10.0 Å². The summed E-state index contributed by atoms with van der Waals surface area (Å²) in [5.41, 5.74) is 1.87. The van der Waals surface area contributed by atoms with E-state index in [1.807, 2.05) is 12.3 Å². The molecule has 2 aromatic rings. The number of aliphatic imine (C=N–C) groups is 1. The molecule has 0 spiro atoms. The molecule has 1 heterocycles. The second-order valence-corrected chi connectivity index (χ2v) is 8.09. The van der Waals surface area contributed by atoms with Gasteiger partial charge in [0.2, 0.25) is 0 Å². The third kappa shape index (κ3) is 4.56. The van der Waals surface area contributed by atoms with Crippen LogP contribution in [0, 0.1) is 0 Å². The number of amidine groups is 1. The summed E-state index contributed by atoms with van der Waals surface area (Å²) in [5, 5.41) is 1.33. The molecule has 1 amide bonds. The van der Waals surface area contributed by atoms with Crippen LogP contribution < -0.4 is 0 Å². The van der Waals surface area contributed by atoms with E-state index in [9.17, 15) is 9.59 Å². The van der Waals surface area contributed by atoms with Crippen molar-refractivity contribution in [3.05, 3.63) is 81.0 Å². The maximum Gasteiger partial charge on any atom is 0.338 e. The molecule has 1 aliphatic heterocycles. The number of nitrogens with zero attached hydrogens (tertiary/aromatic N) is 2. The van der Waals surface area contributed by atoms with Crippen LogP contribution in [0.4, 0.5) is 0 Å². The zero-order valence-corrected chi connectivity index (χ0v) is 19.0. The van der Waals surface area contributed by atoms with Gasteiger partial charge in [0.25, 0.3) is 5.91 Å². The predicted octanol–water partition coefficient (Wildman–Crippen LogP) is 5.75. The van der Waals surface area contributed by atoms with E-state index in [-0.39, 0.29) is 18.1 Å². The molecule has 1 atom stereocenters. The molecule has 8 heteroatoms. The van der Waals surface area contributed by atoms with Gasteiger partial charge in [-0.15, -0.1) is 0 Å². The summed E-state index contributed by atoms with van der Waals surface area (Å²) in [4.78, 5) is 32.3. The highest BCUT2D eigenvalue weighted by atomic mass is 35.5. The Morgan fingerprint density at radius 3 is 2.33 bits per heavy atom. The number of halogens is 2. The highest BCUT2D eigenvalue weighted by Crippen LogP contribution is 2.38. The van der Waals surface area contributed by atoms with Crippen molar-refractivity contribution >= 4 is 52.0 Å². The Bertz CT molecular complexity index is 1020. The fourth-order valence-corrected chi connectivity index (χ4v) is 4.39. The minimum Gasteiger partial charge on any atom is -0.463 e. The number of benzene rings is 2. The normalized spacial score (nSPS) is 16.4. The minimum absolute atomic E-state index is 0.199. The first kappa shape index (κ1) is 22.4. The topological polar surface area (TPSA) is 59.0 Å². The summed E-state index contributed by atoms with van der Waals surface area (Å²) in [7, 11) is 0. The van der Waals surface area contributed by atoms with E-state index in [1.54, 1.807) is 56.3 Å². The van der Waals surface area contributed by atoms with Crippen LogP contribution in [-0.2, 0) is 9.53 Å². The van der Waals surface area contributed by atoms with Crippen molar-refractivity contribution in [1.29, 1.82) is 0 Å². The standard InChI is InChI=1S/C22H20Cl2N2O3S/c1-4-29-21(28)18-13(2)26(20(27)14-8-6-5-7-9-14)22(30-3)25-19(18)15-10-16(23)12-17(24)11-15/h5-12,19H,4H2,1-3H3. The van der Waals surface area contributed by atoms with Crippen LogP contribution in [0.1, 0.15) is 35.8 Å². The van der Waals surface area contributed by atoms with Crippen LogP contribution in [0.3, 0.4) is 0 Å². The maximum absolute atomic E-state index is 13.3. The van der Waals surface area contributed by atoms with Crippen molar-refractivity contribution in [2.24, 2.45) is 4.99 Å². The van der Waals surface area contributed by atoms with Gasteiger partial charge in [-0.1, -0.05) is 53.2 Å². The molecule has 2 aromatic carbocycles. The van der Waals surface area contributed by atoms with E-state index >= 15 is 0 Å². The van der Waals surface area contributed by atoms with Gasteiger partial charge < -0.3 is 4.74 Å². The average molecular weight is 463 g/mol. The first-order chi connectivity index (χ1) is 14.4. The molecule has 0 aromatic heterocycles. The van der Waals surface area contributed by atoms with E-state index in [0.717, 1.165) is 0 Å². The van der Waals surface area contributed by atoms with Crippen LogP contribution >= 0.6 is 35.0 Å². The Labute approximate surface area is 189 Å². The highest BCUT2D eigenvalue weighted by molar-refractivity contribution is 8.13. The number of esters is 1. The summed E-state index contributed by atoms with van der Waals surface area (Å²) >= 11 is 13.7. The Balaban J connectivity index is 2.17. The third-order valence-corrected chi connectivity index (χ3v) is 5.62. The number of carbonyl (C=O) groups is 2. The molecule has 3 rings (SSSR count). The average Bonchev–Trinajstić information content (AvgIpc) is 2.72. The van der Waals surface area contributed by atoms with E-state index in [2.05, 4.69) is 0 Å². The van der Waals surface area contributed by atoms with Gasteiger partial charge in [0.15, 0.2) is 5.17 Å². The van der Waals surface area contributed by atoms with Crippen LogP contribution in [0.25, 0.3) is 0 Å². The number of ether oxygens (including phenoxy) is 1. The van der Waals surface area contributed by atoms with E-state index in [0.29, 0.717) is 32.0 Å². The lowest BCUT2D eigenvalue weighted by molar-refractivity contribution is -0.139. The van der Waals surface area contributed by atoms with Crippen LogP contribution in [0.15, 0.2) is 64.8 Å². The fourth-order valence-electron chi connectivity index (χ4n) is 3.23. The van der Waals surface area contributed by atoms with Crippen LogP contribution in [-0.4, -0.2) is 34.8 Å². The van der Waals surface area contributed by atoms with Gasteiger partial charge >= 0.3 is 5.97 Å². The monoisotopic (exact) mass is 462 g/mol. The number of allylic oxidation sites excluding steroid dienone is 1. The minimum atomic E-state index is -0.692. The molecule has 0 bridgehead atoms. The van der Waals surface area contributed by atoms with Gasteiger partial charge in [0.05, 0.1) is 12.2 Å². The molecule has 5 nitrogen and oxygen atoms in total. The van der Waals surface area contributed by atoms with Crippen molar-refractivity contribution in [3.63, 3.8) is 0 Å². The van der Waals surface area contributed by atoms with Gasteiger partial charge in [-0.3, -0.25) is 9.69 Å². The second-order valence-electron chi connectivity index (χ2n) is 6.45. The van der Waals surface area contributed by atoms with Crippen molar-refractivity contribution in [3.8, 4) is 0 Å². The fraction of sp³-hybridized carbons (Fsp3) is 0.227. The first-order valence-electron chi connectivity index (χ1n) is 9.22. The van der Waals surface area contributed by atoms with Crippen molar-refractivity contribution in [1.82, 2.24) is 4.90 Å². The van der Waals surface area contributed by atoms with Gasteiger partial charge in [-0.25, -0.2) is 9.79 Å². The van der Waals surface area contributed by atoms with E-state index in [1.165, 1.54) is 16.7 Å². The Kier molecular flexibility index (Phi) is 7.23. The lowest BCUT2D eigenvalue weighted by Gasteiger charge is -2.33. The summed E-state index contributed by atoms with van der Waals surface area (Å²) in [6.45, 7) is 3.65. The van der Waals surface area contributed by atoms with Crippen molar-refractivity contribution in [2.45, 2.75) is 19.9 Å². The lowest BCUT2D eigenvalue weighted by atomic mass is 9.95. The summed E-state index contributed by atoms with van der Waals surface area (Å²) in [6.07, 6.45) is 1.83. The van der Waals surface area contributed by atoms with Gasteiger partial charge in [0, 0.05) is 21.3 Å². The molecule has 1 unspecified atom stereocenters. The molecular formula is C22H20Cl2N2O3S. The Morgan fingerprint density at radius 2 is 1.77 bits per heavy atom. The van der Waals surface area contributed by atoms with Gasteiger partial charge in [0.1, 0.15) is 6.04 Å². The maximum atomic E-state index is 13.3. The van der Waals surface area contributed by atoms with Crippen LogP contribution in [0.5, 0.6) is 0 Å². The molecule has 0 saturated carbocycles. The SMILES string of the molecule is CCOC(=O)C1=C(C)N(C(=O)c2ccccc2)C(SC)=NC1c1cc(Cl)cc(Cl)c1. The molecule has 0 saturated heterocycles. The summed E-state index contributed by atoms with van der Waals surface area (Å²) in [5.74, 6) is -0.809. The molecular weight excluding hydrogens is 443 g/mol. The largest absolute Gasteiger partial charge is 0.463 e. The van der Waals surface area contributed by atoms with E-state index in [4.69, 9.17) is 32.9 Å². The smallest absolute Gasteiger partial charge is 0.338 e. The number of hydrogen-bond donors (Lipinski definition) is 0. The number of thioether (sulfide) groups is 1. The number of carbonyl (C=O) groups excluding carboxylic acids is 2. The number of amides is 1. The number of rotatable bonds is 4. The second kappa shape index (κ2) is 9.69. The first-order valence-corrected chi connectivity index (χ1v) is 11.2. The highest BCUT2D eigenvalue weighted by Gasteiger charge is 2.37. The van der Waals surface area contributed by atoms with Crippen molar-refractivity contribution in [2.75, 3.05) is 12.9 Å². The zero-order chi connectivity index (χ0) is 21.8. The molecule has 0 N–H and O–H groups in total.